The molecule has 212 valence electrons. The molecule has 1 rings (SSSR count). The normalized spacial score (nSPS) is 11.4. The van der Waals surface area contributed by atoms with Crippen LogP contribution in [0.4, 0.5) is 0 Å². The summed E-state index contributed by atoms with van der Waals surface area (Å²) in [4.78, 5) is 0.948. The van der Waals surface area contributed by atoms with Crippen LogP contribution in [0.5, 0.6) is 0 Å². The number of nitrogens with zero attached hydrogens (tertiary/aromatic N) is 1. The molecule has 0 bridgehead atoms. The number of quaternary nitrogens is 1. The molecule has 1 aromatic carbocycles. The van der Waals surface area contributed by atoms with E-state index in [2.05, 4.69) is 47.1 Å². The van der Waals surface area contributed by atoms with Crippen molar-refractivity contribution in [3.8, 4) is 0 Å². The van der Waals surface area contributed by atoms with E-state index in [4.69, 9.17) is 12.6 Å². The first-order valence-electron chi connectivity index (χ1n) is 16.0. The molecule has 1 aromatic rings. The fourth-order valence-corrected chi connectivity index (χ4v) is 4.86. The van der Waals surface area contributed by atoms with Crippen LogP contribution in [0.3, 0.4) is 0 Å². The number of hydrogen-bond acceptors (Lipinski definition) is 1. The summed E-state index contributed by atoms with van der Waals surface area (Å²) in [6.45, 7) is 5.89. The number of hydrogen-bond donors (Lipinski definition) is 0. The van der Waals surface area contributed by atoms with Gasteiger partial charge in [-0.05, 0) is 31.2 Å². The second-order valence-electron chi connectivity index (χ2n) is 12.1. The molecule has 0 spiro atoms. The maximum Gasteiger partial charge on any atom is 0.0780 e. The highest BCUT2D eigenvalue weighted by Gasteiger charge is 2.05. The molecule has 0 saturated heterocycles. The molecule has 0 amide bonds. The predicted molar refractivity (Wildman–Crippen MR) is 167 cm³/mol. The lowest BCUT2D eigenvalue weighted by Gasteiger charge is -2.23. The van der Waals surface area contributed by atoms with Gasteiger partial charge in [-0.25, -0.2) is 0 Å². The van der Waals surface area contributed by atoms with Crippen LogP contribution in [0.25, 0.3) is 0 Å². The SMILES string of the molecule is CCCCCCCCCCCCCCCC[N+](C)(C)C.CCCCCCCCCc1ccc([S-])cc1. The van der Waals surface area contributed by atoms with Gasteiger partial charge in [-0.3, -0.25) is 0 Å². The van der Waals surface area contributed by atoms with E-state index in [1.54, 1.807) is 0 Å². The highest BCUT2D eigenvalue weighted by Crippen LogP contribution is 2.14. The second-order valence-corrected chi connectivity index (χ2v) is 12.6. The topological polar surface area (TPSA) is 0 Å². The van der Waals surface area contributed by atoms with Gasteiger partial charge in [0, 0.05) is 0 Å². The van der Waals surface area contributed by atoms with Gasteiger partial charge in [0.15, 0.2) is 0 Å². The van der Waals surface area contributed by atoms with E-state index in [0.717, 1.165) is 9.38 Å². The summed E-state index contributed by atoms with van der Waals surface area (Å²) in [5.41, 5.74) is 1.43. The molecule has 2 heteroatoms. The van der Waals surface area contributed by atoms with E-state index in [1.807, 2.05) is 12.1 Å². The van der Waals surface area contributed by atoms with Crippen LogP contribution in [0.2, 0.25) is 0 Å². The van der Waals surface area contributed by atoms with Crippen LogP contribution >= 0.6 is 0 Å². The third-order valence-electron chi connectivity index (χ3n) is 7.17. The molecular formula is C34H65NS. The first-order chi connectivity index (χ1) is 17.4. The first kappa shape index (κ1) is 35.4. The number of aryl methyl sites for hydroxylation is 1. The van der Waals surface area contributed by atoms with Crippen molar-refractivity contribution in [3.63, 3.8) is 0 Å². The van der Waals surface area contributed by atoms with Crippen molar-refractivity contribution in [2.24, 2.45) is 0 Å². The molecule has 0 aliphatic heterocycles. The summed E-state index contributed by atoms with van der Waals surface area (Å²) < 4.78 is 1.12. The standard InChI is InChI=1S/C19H42N.C15H24S/c1-5-6-7-8-9-10-11-12-13-14-15-16-17-18-19-20(2,3)4;1-2-3-4-5-6-7-8-9-14-10-12-15(16)13-11-14/h5-19H2,1-4H3;10-13,16H,2-9H2,1H3/q+1;/p-1. The maximum atomic E-state index is 5.07. The van der Waals surface area contributed by atoms with Crippen molar-refractivity contribution >= 4 is 12.6 Å². The highest BCUT2D eigenvalue weighted by molar-refractivity contribution is 7.58. The van der Waals surface area contributed by atoms with Crippen molar-refractivity contribution in [3.05, 3.63) is 29.8 Å². The third-order valence-corrected chi connectivity index (χ3v) is 7.45. The molecular weight excluding hydrogens is 454 g/mol. The lowest BCUT2D eigenvalue weighted by Crippen LogP contribution is -2.35. The summed E-state index contributed by atoms with van der Waals surface area (Å²) in [6, 6.07) is 8.40. The zero-order valence-electron chi connectivity index (χ0n) is 25.4. The maximum absolute atomic E-state index is 5.07. The molecule has 1 nitrogen and oxygen atoms in total. The lowest BCUT2D eigenvalue weighted by molar-refractivity contribution is -0.870. The Labute approximate surface area is 234 Å². The summed E-state index contributed by atoms with van der Waals surface area (Å²) in [6.07, 6.45) is 31.3. The van der Waals surface area contributed by atoms with E-state index in [1.165, 1.54) is 153 Å². The minimum Gasteiger partial charge on any atom is -0.780 e. The highest BCUT2D eigenvalue weighted by atomic mass is 32.1. The number of unbranched alkanes of at least 4 members (excludes halogenated alkanes) is 19. The summed E-state index contributed by atoms with van der Waals surface area (Å²) in [5.74, 6) is 0. The van der Waals surface area contributed by atoms with Crippen LogP contribution in [-0.2, 0) is 19.0 Å². The molecule has 0 heterocycles. The quantitative estimate of drug-likeness (QED) is 0.0786. The number of benzene rings is 1. The van der Waals surface area contributed by atoms with Gasteiger partial charge in [0.1, 0.15) is 0 Å². The Bertz CT molecular complexity index is 545. The zero-order chi connectivity index (χ0) is 26.7. The molecule has 36 heavy (non-hydrogen) atoms. The largest absolute Gasteiger partial charge is 0.780 e. The van der Waals surface area contributed by atoms with Gasteiger partial charge in [-0.15, -0.1) is 0 Å². The van der Waals surface area contributed by atoms with E-state index < -0.39 is 0 Å². The van der Waals surface area contributed by atoms with E-state index in [9.17, 15) is 0 Å². The third kappa shape index (κ3) is 28.0. The van der Waals surface area contributed by atoms with Crippen LogP contribution in [0.1, 0.15) is 154 Å². The summed E-state index contributed by atoms with van der Waals surface area (Å²) >= 11 is 5.07. The van der Waals surface area contributed by atoms with E-state index in [-0.39, 0.29) is 0 Å². The summed E-state index contributed by atoms with van der Waals surface area (Å²) in [5, 5.41) is 0. The first-order valence-corrected chi connectivity index (χ1v) is 16.4. The fourth-order valence-electron chi connectivity index (χ4n) is 4.72. The van der Waals surface area contributed by atoms with Gasteiger partial charge in [0.25, 0.3) is 0 Å². The summed E-state index contributed by atoms with van der Waals surface area (Å²) in [7, 11) is 6.88. The molecule has 0 radical (unpaired) electrons. The van der Waals surface area contributed by atoms with Gasteiger partial charge in [0.05, 0.1) is 27.7 Å². The lowest BCUT2D eigenvalue weighted by atomic mass is 10.0. The minimum atomic E-state index is 0.948. The van der Waals surface area contributed by atoms with Crippen molar-refractivity contribution in [1.82, 2.24) is 0 Å². The zero-order valence-corrected chi connectivity index (χ0v) is 26.2. The minimum absolute atomic E-state index is 0.948. The van der Waals surface area contributed by atoms with E-state index >= 15 is 0 Å². The Morgan fingerprint density at radius 1 is 0.472 bits per heavy atom. The Morgan fingerprint density at radius 3 is 1.17 bits per heavy atom. The molecule has 0 atom stereocenters. The van der Waals surface area contributed by atoms with Gasteiger partial charge >= 0.3 is 0 Å². The van der Waals surface area contributed by atoms with Gasteiger partial charge in [-0.2, -0.15) is 4.90 Å². The van der Waals surface area contributed by atoms with Crippen LogP contribution in [0, 0.1) is 0 Å². The van der Waals surface area contributed by atoms with Gasteiger partial charge in [0.2, 0.25) is 0 Å². The molecule has 0 aliphatic carbocycles. The Balaban J connectivity index is 0.000000696. The second kappa shape index (κ2) is 26.0. The van der Waals surface area contributed by atoms with Crippen LogP contribution < -0.4 is 0 Å². The van der Waals surface area contributed by atoms with Crippen molar-refractivity contribution in [2.75, 3.05) is 27.7 Å². The molecule has 0 aliphatic rings. The van der Waals surface area contributed by atoms with Crippen LogP contribution in [-0.4, -0.2) is 32.2 Å². The Hall–Kier alpha value is -0.600. The smallest absolute Gasteiger partial charge is 0.0780 e. The molecule has 0 N–H and O–H groups in total. The van der Waals surface area contributed by atoms with Crippen molar-refractivity contribution in [1.29, 1.82) is 0 Å². The molecule has 0 saturated carbocycles. The van der Waals surface area contributed by atoms with Gasteiger partial charge < -0.3 is 17.1 Å². The average molecular weight is 520 g/mol. The molecule has 0 aromatic heterocycles. The molecule has 0 unspecified atom stereocenters. The average Bonchev–Trinajstić information content (AvgIpc) is 2.84. The monoisotopic (exact) mass is 519 g/mol. The van der Waals surface area contributed by atoms with Crippen LogP contribution in [0.15, 0.2) is 29.2 Å². The van der Waals surface area contributed by atoms with Crippen molar-refractivity contribution < 1.29 is 4.48 Å². The Morgan fingerprint density at radius 2 is 0.806 bits per heavy atom. The Kier molecular flexibility index (Phi) is 25.6. The number of rotatable bonds is 23. The van der Waals surface area contributed by atoms with E-state index in [0.29, 0.717) is 0 Å². The van der Waals surface area contributed by atoms with Crippen molar-refractivity contribution in [2.45, 2.75) is 160 Å². The predicted octanol–water partition coefficient (Wildman–Crippen LogP) is 11.1. The molecule has 0 fully saturated rings. The fraction of sp³-hybridized carbons (Fsp3) is 0.824. The van der Waals surface area contributed by atoms with Gasteiger partial charge in [-0.1, -0.05) is 154 Å².